The summed E-state index contributed by atoms with van der Waals surface area (Å²) < 4.78 is 12.9. The van der Waals surface area contributed by atoms with Crippen molar-refractivity contribution in [2.45, 2.75) is 64.6 Å². The van der Waals surface area contributed by atoms with Gasteiger partial charge in [0, 0.05) is 27.5 Å². The lowest BCUT2D eigenvalue weighted by Gasteiger charge is -2.26. The van der Waals surface area contributed by atoms with E-state index in [1.807, 2.05) is 6.07 Å². The topological polar surface area (TPSA) is 50.7 Å². The molecule has 1 N–H and O–H groups in total. The van der Waals surface area contributed by atoms with Crippen LogP contribution in [0.5, 0.6) is 0 Å². The van der Waals surface area contributed by atoms with Crippen molar-refractivity contribution in [2.24, 2.45) is 4.99 Å². The Balaban J connectivity index is 1.74. The summed E-state index contributed by atoms with van der Waals surface area (Å²) in [6.07, 6.45) is 5.44. The van der Waals surface area contributed by atoms with Gasteiger partial charge in [0.05, 0.1) is 24.3 Å². The highest BCUT2D eigenvalue weighted by Crippen LogP contribution is 2.49. The van der Waals surface area contributed by atoms with Gasteiger partial charge in [0.1, 0.15) is 36.3 Å². The molecule has 0 fully saturated rings. The average molecular weight is 526 g/mol. The zero-order valence-corrected chi connectivity index (χ0v) is 24.4. The van der Waals surface area contributed by atoms with Crippen molar-refractivity contribution in [3.05, 3.63) is 83.8 Å². The van der Waals surface area contributed by atoms with Crippen LogP contribution in [0, 0.1) is 0 Å². The van der Waals surface area contributed by atoms with Gasteiger partial charge in [-0.2, -0.15) is 0 Å². The molecule has 2 atom stereocenters. The van der Waals surface area contributed by atoms with Gasteiger partial charge < -0.3 is 14.2 Å². The lowest BCUT2D eigenvalue weighted by atomic mass is 9.88. The molecule has 2 unspecified atom stereocenters. The molecule has 1 aliphatic rings. The maximum Gasteiger partial charge on any atom is 0.228 e. The van der Waals surface area contributed by atoms with Crippen LogP contribution < -0.4 is 5.32 Å². The molecule has 38 heavy (non-hydrogen) atoms. The minimum Gasteiger partial charge on any atom is -0.460 e. The Hall–Kier alpha value is -3.36. The smallest absolute Gasteiger partial charge is 0.228 e. The predicted molar refractivity (Wildman–Crippen MR) is 164 cm³/mol. The Morgan fingerprint density at radius 2 is 1.45 bits per heavy atom. The quantitative estimate of drug-likeness (QED) is 0.255. The highest BCUT2D eigenvalue weighted by Gasteiger charge is 2.35. The molecular weight excluding hydrogens is 487 g/mol. The third-order valence-electron chi connectivity index (χ3n) is 7.49. The van der Waals surface area contributed by atoms with E-state index in [0.717, 1.165) is 63.2 Å². The first-order valence-corrected chi connectivity index (χ1v) is 15.4. The zero-order valence-electron chi connectivity index (χ0n) is 23.6. The van der Waals surface area contributed by atoms with E-state index in [2.05, 4.69) is 120 Å². The summed E-state index contributed by atoms with van der Waals surface area (Å²) in [4.78, 5) is 5.36. The molecule has 5 rings (SSSR count). The fourth-order valence-electron chi connectivity index (χ4n) is 4.70. The number of benzene rings is 2. The van der Waals surface area contributed by atoms with Gasteiger partial charge in [0.2, 0.25) is 5.78 Å². The van der Waals surface area contributed by atoms with Crippen molar-refractivity contribution in [3.63, 3.8) is 0 Å². The summed E-state index contributed by atoms with van der Waals surface area (Å²) in [7, 11) is -0.624. The van der Waals surface area contributed by atoms with Crippen LogP contribution in [0.3, 0.4) is 0 Å². The highest BCUT2D eigenvalue weighted by molar-refractivity contribution is 7.57. The van der Waals surface area contributed by atoms with Gasteiger partial charge in [-0.25, -0.2) is 4.99 Å². The number of hydrogen-bond donors (Lipinski definition) is 1. The lowest BCUT2D eigenvalue weighted by molar-refractivity contribution is 0.381. The average Bonchev–Trinajstić information content (AvgIpc) is 3.59. The first-order chi connectivity index (χ1) is 18.0. The Labute approximate surface area is 227 Å². The van der Waals surface area contributed by atoms with Gasteiger partial charge in [0.25, 0.3) is 0 Å². The molecule has 1 aliphatic heterocycles. The number of furan rings is 2. The van der Waals surface area contributed by atoms with Crippen LogP contribution in [0.15, 0.2) is 80.6 Å². The summed E-state index contributed by atoms with van der Waals surface area (Å²) >= 11 is 0. The normalized spacial score (nSPS) is 16.0. The number of hydrogen-bond acceptors (Lipinski definition) is 4. The van der Waals surface area contributed by atoms with Crippen molar-refractivity contribution in [3.8, 4) is 22.6 Å². The maximum atomic E-state index is 6.47. The van der Waals surface area contributed by atoms with Crippen LogP contribution in [0.1, 0.15) is 65.0 Å². The summed E-state index contributed by atoms with van der Waals surface area (Å²) in [5.74, 6) is 3.61. The molecule has 0 aliphatic carbocycles. The molecule has 0 saturated carbocycles. The largest absolute Gasteiger partial charge is 0.460 e. The van der Waals surface area contributed by atoms with Crippen LogP contribution in [0.4, 0.5) is 11.4 Å². The molecule has 5 heteroatoms. The molecule has 0 bridgehead atoms. The Kier molecular flexibility index (Phi) is 6.73. The first-order valence-electron chi connectivity index (χ1n) is 13.3. The van der Waals surface area contributed by atoms with Gasteiger partial charge in [-0.3, -0.25) is 0 Å². The molecule has 0 saturated heterocycles. The van der Waals surface area contributed by atoms with Crippen LogP contribution in [-0.2, 0) is 10.8 Å². The number of anilines is 1. The second-order valence-corrected chi connectivity index (χ2v) is 13.9. The van der Waals surface area contributed by atoms with E-state index in [4.69, 9.17) is 13.8 Å². The van der Waals surface area contributed by atoms with Gasteiger partial charge in [-0.15, -0.1) is 0 Å². The van der Waals surface area contributed by atoms with Crippen LogP contribution >= 0.6 is 7.55 Å². The Morgan fingerprint density at radius 3 is 2.05 bits per heavy atom. The van der Waals surface area contributed by atoms with Crippen molar-refractivity contribution >= 4 is 30.9 Å². The number of fused-ring (bicyclic) bond motifs is 1. The molecular formula is C33H38N2O2P+. The predicted octanol–water partition coefficient (Wildman–Crippen LogP) is 9.61. The van der Waals surface area contributed by atoms with E-state index in [9.17, 15) is 0 Å². The van der Waals surface area contributed by atoms with E-state index in [1.54, 1.807) is 0 Å². The molecule has 2 aromatic carbocycles. The van der Waals surface area contributed by atoms with Gasteiger partial charge >= 0.3 is 0 Å². The Bertz CT molecular complexity index is 1520. The van der Waals surface area contributed by atoms with Gasteiger partial charge in [-0.1, -0.05) is 71.9 Å². The van der Waals surface area contributed by atoms with Gasteiger partial charge in [-0.05, 0) is 42.8 Å². The van der Waals surface area contributed by atoms with E-state index < -0.39 is 7.55 Å². The monoisotopic (exact) mass is 525 g/mol. The maximum absolute atomic E-state index is 6.47. The second-order valence-electron chi connectivity index (χ2n) is 11.9. The molecule has 2 aromatic heterocycles. The van der Waals surface area contributed by atoms with Crippen molar-refractivity contribution in [2.75, 3.05) is 12.0 Å². The third kappa shape index (κ3) is 4.78. The minimum atomic E-state index is -0.624. The van der Waals surface area contributed by atoms with Crippen LogP contribution in [0.25, 0.3) is 22.6 Å². The number of rotatable bonds is 6. The summed E-state index contributed by atoms with van der Waals surface area (Å²) in [6, 6.07) is 23.0. The fraction of sp³-hybridized carbons (Fsp3) is 0.333. The van der Waals surface area contributed by atoms with E-state index in [0.29, 0.717) is 0 Å². The molecule has 0 amide bonds. The van der Waals surface area contributed by atoms with Crippen LogP contribution in [-0.4, -0.2) is 24.5 Å². The van der Waals surface area contributed by atoms with E-state index in [1.165, 1.54) is 0 Å². The molecule has 3 heterocycles. The van der Waals surface area contributed by atoms with Crippen molar-refractivity contribution < 1.29 is 8.83 Å². The van der Waals surface area contributed by atoms with E-state index >= 15 is 0 Å². The summed E-state index contributed by atoms with van der Waals surface area (Å²) in [5.41, 5.74) is 5.80. The highest BCUT2D eigenvalue weighted by atomic mass is 31.1. The standard InChI is InChI=1S/C33H38N2O2P/c1-9-33(5,6)27-20-18-25(37-27)22-15-16-23(24-17-19-26(36-24)32(2,3)4)30-29(22)34-28(31(35-30)38(7)8)21-13-11-10-12-14-21/h10-20,31,35H,7,9H2,1-6,8H3/q+1. The Morgan fingerprint density at radius 1 is 0.842 bits per heavy atom. The van der Waals surface area contributed by atoms with Crippen molar-refractivity contribution in [1.82, 2.24) is 0 Å². The SMILES string of the molecule is C=[P+](C)C1Nc2c(-c3ccc(C(C)(C)C)o3)ccc(-c3ccc(C(C)(C)CC)o3)c2N=C1c1ccccc1. The zero-order chi connectivity index (χ0) is 27.2. The van der Waals surface area contributed by atoms with Crippen LogP contribution in [0.2, 0.25) is 0 Å². The fourth-order valence-corrected chi connectivity index (χ4v) is 5.67. The molecule has 0 radical (unpaired) electrons. The molecule has 0 spiro atoms. The first kappa shape index (κ1) is 26.3. The summed E-state index contributed by atoms with van der Waals surface area (Å²) in [5, 5.41) is 3.85. The van der Waals surface area contributed by atoms with Gasteiger partial charge in [0.15, 0.2) is 0 Å². The number of nitrogens with one attached hydrogen (secondary N) is 1. The molecule has 4 aromatic rings. The molecule has 196 valence electrons. The second kappa shape index (κ2) is 9.75. The third-order valence-corrected chi connectivity index (χ3v) is 8.75. The number of aliphatic imine (C=N–C) groups is 1. The molecule has 4 nitrogen and oxygen atoms in total. The lowest BCUT2D eigenvalue weighted by Crippen LogP contribution is -2.30. The minimum absolute atomic E-state index is 0.0112. The summed E-state index contributed by atoms with van der Waals surface area (Å²) in [6.45, 7) is 15.3. The van der Waals surface area contributed by atoms with Crippen molar-refractivity contribution in [1.29, 1.82) is 0 Å². The number of nitrogens with zero attached hydrogens (tertiary/aromatic N) is 1. The van der Waals surface area contributed by atoms with E-state index in [-0.39, 0.29) is 16.6 Å².